The summed E-state index contributed by atoms with van der Waals surface area (Å²) in [6, 6.07) is 7.67. The van der Waals surface area contributed by atoms with E-state index in [4.69, 9.17) is 0 Å². The number of anilines is 2. The van der Waals surface area contributed by atoms with Crippen LogP contribution in [0.15, 0.2) is 24.3 Å². The Bertz CT molecular complexity index is 1030. The third kappa shape index (κ3) is 7.17. The molecule has 0 amide bonds. The van der Waals surface area contributed by atoms with E-state index in [2.05, 4.69) is 56.7 Å². The second kappa shape index (κ2) is 11.8. The summed E-state index contributed by atoms with van der Waals surface area (Å²) in [5.41, 5.74) is 2.70. The highest BCUT2D eigenvalue weighted by atomic mass is 19.4. The van der Waals surface area contributed by atoms with E-state index in [1.54, 1.807) is 0 Å². The fourth-order valence-electron chi connectivity index (χ4n) is 5.24. The third-order valence-corrected chi connectivity index (χ3v) is 7.86. The molecule has 2 saturated heterocycles. The molecule has 2 aliphatic rings. The lowest BCUT2D eigenvalue weighted by Crippen LogP contribution is -2.48. The van der Waals surface area contributed by atoms with Gasteiger partial charge in [0.2, 0.25) is 0 Å². The first-order valence-corrected chi connectivity index (χ1v) is 13.9. The van der Waals surface area contributed by atoms with Crippen molar-refractivity contribution < 1.29 is 13.2 Å². The zero-order valence-electron chi connectivity index (χ0n) is 23.6. The van der Waals surface area contributed by atoms with Gasteiger partial charge in [0.15, 0.2) is 0 Å². The maximum absolute atomic E-state index is 13.5. The molecule has 2 fully saturated rings. The van der Waals surface area contributed by atoms with E-state index in [-0.39, 0.29) is 5.82 Å². The van der Waals surface area contributed by atoms with Gasteiger partial charge in [0.05, 0.1) is 0 Å². The number of benzene rings is 1. The number of halogens is 3. The first kappa shape index (κ1) is 28.6. The van der Waals surface area contributed by atoms with E-state index in [0.717, 1.165) is 64.8 Å². The summed E-state index contributed by atoms with van der Waals surface area (Å²) in [7, 11) is 0. The largest absolute Gasteiger partial charge is 0.433 e. The lowest BCUT2D eigenvalue weighted by Gasteiger charge is -2.37. The number of aryl methyl sites for hydroxylation is 1. The highest BCUT2D eigenvalue weighted by Gasteiger charge is 2.36. The van der Waals surface area contributed by atoms with Crippen LogP contribution in [0.3, 0.4) is 0 Å². The summed E-state index contributed by atoms with van der Waals surface area (Å²) >= 11 is 0. The first-order valence-electron chi connectivity index (χ1n) is 13.9. The van der Waals surface area contributed by atoms with Crippen LogP contribution in [0, 0.1) is 13.8 Å². The van der Waals surface area contributed by atoms with Crippen molar-refractivity contribution >= 4 is 11.5 Å². The first-order chi connectivity index (χ1) is 17.9. The SMILES string of the molecule is Cc1cccc(N2CCN(CCCCN3CCN(c4cc(C(F)(F)F)nc(C(C)(C)C)n4)CC3)CC2)c1C. The van der Waals surface area contributed by atoms with Gasteiger partial charge >= 0.3 is 6.18 Å². The van der Waals surface area contributed by atoms with E-state index >= 15 is 0 Å². The number of hydrogen-bond donors (Lipinski definition) is 0. The van der Waals surface area contributed by atoms with Crippen LogP contribution in [0.2, 0.25) is 0 Å². The van der Waals surface area contributed by atoms with Crippen LogP contribution in [-0.4, -0.2) is 85.2 Å². The van der Waals surface area contributed by atoms with Crippen LogP contribution in [0.4, 0.5) is 24.7 Å². The number of nitrogens with zero attached hydrogens (tertiary/aromatic N) is 6. The van der Waals surface area contributed by atoms with E-state index in [9.17, 15) is 13.2 Å². The topological polar surface area (TPSA) is 38.7 Å². The molecule has 210 valence electrons. The van der Waals surface area contributed by atoms with Crippen molar-refractivity contribution in [1.29, 1.82) is 0 Å². The van der Waals surface area contributed by atoms with Crippen molar-refractivity contribution in [2.75, 3.05) is 75.2 Å². The Balaban J connectivity index is 1.19. The molecule has 0 unspecified atom stereocenters. The van der Waals surface area contributed by atoms with Crippen LogP contribution in [0.1, 0.15) is 56.3 Å². The molecule has 4 rings (SSSR count). The molecule has 0 aliphatic carbocycles. The second-order valence-electron chi connectivity index (χ2n) is 11.8. The quantitative estimate of drug-likeness (QED) is 0.460. The molecule has 38 heavy (non-hydrogen) atoms. The van der Waals surface area contributed by atoms with Gasteiger partial charge in [-0.15, -0.1) is 0 Å². The van der Waals surface area contributed by atoms with Crippen molar-refractivity contribution in [3.8, 4) is 0 Å². The maximum atomic E-state index is 13.5. The molecule has 0 spiro atoms. The Morgan fingerprint density at radius 2 is 1.32 bits per heavy atom. The fraction of sp³-hybridized carbons (Fsp3) is 0.655. The van der Waals surface area contributed by atoms with Crippen molar-refractivity contribution in [3.63, 3.8) is 0 Å². The molecular formula is C29H43F3N6. The molecule has 3 heterocycles. The third-order valence-electron chi connectivity index (χ3n) is 7.86. The van der Waals surface area contributed by atoms with E-state index in [1.807, 2.05) is 25.7 Å². The lowest BCUT2D eigenvalue weighted by atomic mass is 9.95. The zero-order valence-corrected chi connectivity index (χ0v) is 23.6. The van der Waals surface area contributed by atoms with Gasteiger partial charge in [-0.1, -0.05) is 32.9 Å². The molecule has 1 aromatic heterocycles. The lowest BCUT2D eigenvalue weighted by molar-refractivity contribution is -0.141. The molecule has 2 aromatic rings. The Labute approximate surface area is 225 Å². The van der Waals surface area contributed by atoms with Crippen LogP contribution < -0.4 is 9.80 Å². The van der Waals surface area contributed by atoms with Gasteiger partial charge in [-0.25, -0.2) is 9.97 Å². The van der Waals surface area contributed by atoms with E-state index in [1.165, 1.54) is 23.2 Å². The molecule has 1 aromatic carbocycles. The number of unbranched alkanes of at least 4 members (excludes halogenated alkanes) is 1. The summed E-state index contributed by atoms with van der Waals surface area (Å²) in [6.07, 6.45) is -2.18. The van der Waals surface area contributed by atoms with Gasteiger partial charge in [-0.05, 0) is 57.0 Å². The van der Waals surface area contributed by atoms with Gasteiger partial charge in [0.1, 0.15) is 17.3 Å². The van der Waals surface area contributed by atoms with Gasteiger partial charge in [0, 0.05) is 69.5 Å². The molecule has 9 heteroatoms. The number of alkyl halides is 3. The molecule has 0 atom stereocenters. The smallest absolute Gasteiger partial charge is 0.369 e. The highest BCUT2D eigenvalue weighted by molar-refractivity contribution is 5.56. The Hall–Kier alpha value is -2.39. The van der Waals surface area contributed by atoms with Crippen LogP contribution in [-0.2, 0) is 11.6 Å². The minimum atomic E-state index is -4.48. The summed E-state index contributed by atoms with van der Waals surface area (Å²) < 4.78 is 40.4. The van der Waals surface area contributed by atoms with Crippen molar-refractivity contribution in [2.24, 2.45) is 0 Å². The summed E-state index contributed by atoms with van der Waals surface area (Å²) in [4.78, 5) is 17.8. The molecular weight excluding hydrogens is 489 g/mol. The average molecular weight is 533 g/mol. The Morgan fingerprint density at radius 3 is 1.84 bits per heavy atom. The normalized spacial score (nSPS) is 18.3. The Kier molecular flexibility index (Phi) is 8.87. The van der Waals surface area contributed by atoms with Crippen LogP contribution in [0.5, 0.6) is 0 Å². The Morgan fingerprint density at radius 1 is 0.763 bits per heavy atom. The van der Waals surface area contributed by atoms with Crippen LogP contribution in [0.25, 0.3) is 0 Å². The molecule has 2 aliphatic heterocycles. The van der Waals surface area contributed by atoms with Crippen molar-refractivity contribution in [2.45, 2.75) is 59.1 Å². The summed E-state index contributed by atoms with van der Waals surface area (Å²) in [5.74, 6) is 0.622. The predicted octanol–water partition coefficient (Wildman–Crippen LogP) is 5.13. The predicted molar refractivity (Wildman–Crippen MR) is 148 cm³/mol. The minimum absolute atomic E-state index is 0.236. The van der Waals surface area contributed by atoms with Crippen molar-refractivity contribution in [3.05, 3.63) is 46.9 Å². The highest BCUT2D eigenvalue weighted by Crippen LogP contribution is 2.32. The molecule has 0 N–H and O–H groups in total. The minimum Gasteiger partial charge on any atom is -0.369 e. The summed E-state index contributed by atoms with van der Waals surface area (Å²) in [5, 5.41) is 0. The van der Waals surface area contributed by atoms with Gasteiger partial charge in [-0.3, -0.25) is 9.80 Å². The maximum Gasteiger partial charge on any atom is 0.433 e. The average Bonchev–Trinajstić information content (AvgIpc) is 2.88. The molecule has 0 saturated carbocycles. The van der Waals surface area contributed by atoms with Gasteiger partial charge in [-0.2, -0.15) is 13.2 Å². The van der Waals surface area contributed by atoms with Gasteiger partial charge < -0.3 is 9.80 Å². The van der Waals surface area contributed by atoms with Crippen molar-refractivity contribution in [1.82, 2.24) is 19.8 Å². The number of aromatic nitrogens is 2. The number of rotatable bonds is 7. The zero-order chi connectivity index (χ0) is 27.5. The van der Waals surface area contributed by atoms with E-state index < -0.39 is 17.3 Å². The number of piperazine rings is 2. The monoisotopic (exact) mass is 532 g/mol. The molecule has 0 bridgehead atoms. The van der Waals surface area contributed by atoms with Gasteiger partial charge in [0.25, 0.3) is 0 Å². The van der Waals surface area contributed by atoms with Crippen LogP contribution >= 0.6 is 0 Å². The molecule has 0 radical (unpaired) electrons. The second-order valence-corrected chi connectivity index (χ2v) is 11.8. The standard InChI is InChI=1S/C29H43F3N6/c1-22-9-8-10-24(23(22)2)37-17-13-35(14-18-37)11-6-7-12-36-15-19-38(20-16-36)26-21-25(29(30,31)32)33-27(34-26)28(3,4)5/h8-10,21H,6-7,11-20H2,1-5H3. The van der Waals surface area contributed by atoms with E-state index in [0.29, 0.717) is 18.9 Å². The number of hydrogen-bond acceptors (Lipinski definition) is 6. The fourth-order valence-corrected chi connectivity index (χ4v) is 5.24. The summed E-state index contributed by atoms with van der Waals surface area (Å²) in [6.45, 7) is 19.4. The molecule has 6 nitrogen and oxygen atoms in total.